The van der Waals surface area contributed by atoms with E-state index in [0.717, 1.165) is 5.69 Å². The second-order valence-electron chi connectivity index (χ2n) is 7.74. The summed E-state index contributed by atoms with van der Waals surface area (Å²) in [6.07, 6.45) is 2.88. The highest BCUT2D eigenvalue weighted by atomic mass is 19.1. The van der Waals surface area contributed by atoms with Crippen LogP contribution in [0.3, 0.4) is 0 Å². The van der Waals surface area contributed by atoms with Crippen LogP contribution in [0.5, 0.6) is 0 Å². The van der Waals surface area contributed by atoms with Crippen molar-refractivity contribution in [1.82, 2.24) is 25.0 Å². The van der Waals surface area contributed by atoms with Gasteiger partial charge in [0.1, 0.15) is 18.8 Å². The molecule has 1 saturated carbocycles. The number of aliphatic hydroxyl groups excluding tert-OH is 1. The summed E-state index contributed by atoms with van der Waals surface area (Å²) in [5.41, 5.74) is 1.20. The third-order valence-corrected chi connectivity index (χ3v) is 5.76. The summed E-state index contributed by atoms with van der Waals surface area (Å²) in [5, 5.41) is 20.7. The standard InChI is InChI=1S/C20H24FN5O3/c21-15-4-6-25(7-5-15)20(29)14-9-17(18(27)10-14)24-19(28)13-2-1-3-16(8-13)26-11-22-23-12-26/h1-3,8,11-12,14-15,17-18,27H,4-7,9-10H2,(H,24,28)/t14-,17+,18+/m0/s1. The van der Waals surface area contributed by atoms with Crippen LogP contribution in [0.25, 0.3) is 5.69 Å². The van der Waals surface area contributed by atoms with Crippen LogP contribution in [0.4, 0.5) is 4.39 Å². The molecule has 9 heteroatoms. The van der Waals surface area contributed by atoms with Gasteiger partial charge < -0.3 is 15.3 Å². The first-order valence-corrected chi connectivity index (χ1v) is 9.88. The van der Waals surface area contributed by atoms with Crippen molar-refractivity contribution in [3.8, 4) is 5.69 Å². The molecule has 3 atom stereocenters. The minimum Gasteiger partial charge on any atom is -0.391 e. The zero-order valence-electron chi connectivity index (χ0n) is 15.9. The second-order valence-corrected chi connectivity index (χ2v) is 7.74. The number of piperidine rings is 1. The molecule has 0 unspecified atom stereocenters. The molecule has 2 N–H and O–H groups in total. The van der Waals surface area contributed by atoms with Crippen molar-refractivity contribution in [3.63, 3.8) is 0 Å². The van der Waals surface area contributed by atoms with E-state index >= 15 is 0 Å². The zero-order valence-corrected chi connectivity index (χ0v) is 15.9. The van der Waals surface area contributed by atoms with E-state index in [9.17, 15) is 19.1 Å². The molecule has 4 rings (SSSR count). The third kappa shape index (κ3) is 4.29. The van der Waals surface area contributed by atoms with Gasteiger partial charge in [-0.15, -0.1) is 10.2 Å². The Morgan fingerprint density at radius 2 is 1.86 bits per heavy atom. The quantitative estimate of drug-likeness (QED) is 0.799. The number of carbonyl (C=O) groups is 2. The highest BCUT2D eigenvalue weighted by Crippen LogP contribution is 2.29. The lowest BCUT2D eigenvalue weighted by Crippen LogP contribution is -2.42. The fraction of sp³-hybridized carbons (Fsp3) is 0.500. The van der Waals surface area contributed by atoms with Gasteiger partial charge in [-0.2, -0.15) is 0 Å². The van der Waals surface area contributed by atoms with Crippen molar-refractivity contribution in [2.75, 3.05) is 13.1 Å². The molecule has 1 saturated heterocycles. The number of aliphatic hydroxyl groups is 1. The second kappa shape index (κ2) is 8.28. The van der Waals surface area contributed by atoms with Gasteiger partial charge in [-0.05, 0) is 43.9 Å². The number of nitrogens with one attached hydrogen (secondary N) is 1. The Hall–Kier alpha value is -2.81. The van der Waals surface area contributed by atoms with Gasteiger partial charge in [-0.1, -0.05) is 6.07 Å². The Morgan fingerprint density at radius 3 is 2.59 bits per heavy atom. The van der Waals surface area contributed by atoms with E-state index in [1.807, 2.05) is 6.07 Å². The van der Waals surface area contributed by atoms with E-state index in [2.05, 4.69) is 15.5 Å². The fourth-order valence-corrected chi connectivity index (χ4v) is 4.09. The molecule has 1 aliphatic carbocycles. The normalized spacial score (nSPS) is 25.2. The van der Waals surface area contributed by atoms with Crippen LogP contribution in [-0.2, 0) is 4.79 Å². The van der Waals surface area contributed by atoms with E-state index in [4.69, 9.17) is 0 Å². The SMILES string of the molecule is O=C(N[C@@H]1C[C@H](C(=O)N2CCC(F)CC2)C[C@H]1O)c1cccc(-n2cnnc2)c1. The molecule has 29 heavy (non-hydrogen) atoms. The molecule has 0 radical (unpaired) electrons. The number of benzene rings is 1. The number of carbonyl (C=O) groups excluding carboxylic acids is 2. The summed E-state index contributed by atoms with van der Waals surface area (Å²) in [6.45, 7) is 0.832. The molecule has 0 bridgehead atoms. The predicted octanol–water partition coefficient (Wildman–Crippen LogP) is 1.10. The maximum Gasteiger partial charge on any atom is 0.251 e. The van der Waals surface area contributed by atoms with E-state index in [-0.39, 0.29) is 17.7 Å². The minimum absolute atomic E-state index is 0.0534. The van der Waals surface area contributed by atoms with E-state index in [0.29, 0.717) is 44.3 Å². The molecule has 8 nitrogen and oxygen atoms in total. The first-order valence-electron chi connectivity index (χ1n) is 9.88. The number of rotatable bonds is 4. The molecule has 0 spiro atoms. The third-order valence-electron chi connectivity index (χ3n) is 5.76. The Balaban J connectivity index is 1.38. The highest BCUT2D eigenvalue weighted by Gasteiger charge is 2.40. The number of alkyl halides is 1. The van der Waals surface area contributed by atoms with Crippen LogP contribution >= 0.6 is 0 Å². The Bertz CT molecular complexity index is 867. The molecule has 154 valence electrons. The van der Waals surface area contributed by atoms with Gasteiger partial charge in [0.25, 0.3) is 5.91 Å². The monoisotopic (exact) mass is 401 g/mol. The molecular weight excluding hydrogens is 377 g/mol. The molecule has 1 aromatic carbocycles. The first kappa shape index (κ1) is 19.5. The summed E-state index contributed by atoms with van der Waals surface area (Å²) in [5.74, 6) is -0.715. The molecule has 2 aliphatic rings. The summed E-state index contributed by atoms with van der Waals surface area (Å²) < 4.78 is 15.0. The van der Waals surface area contributed by atoms with Crippen LogP contribution in [0.2, 0.25) is 0 Å². The summed E-state index contributed by atoms with van der Waals surface area (Å²) in [7, 11) is 0. The van der Waals surface area contributed by atoms with Crippen LogP contribution < -0.4 is 5.32 Å². The minimum atomic E-state index is -0.839. The van der Waals surface area contributed by atoms with E-state index < -0.39 is 18.3 Å². The molecule has 2 amide bonds. The van der Waals surface area contributed by atoms with Crippen molar-refractivity contribution in [1.29, 1.82) is 0 Å². The van der Waals surface area contributed by atoms with Crippen molar-refractivity contribution in [2.24, 2.45) is 5.92 Å². The maximum absolute atomic E-state index is 13.3. The lowest BCUT2D eigenvalue weighted by molar-refractivity contribution is -0.137. The number of aromatic nitrogens is 3. The van der Waals surface area contributed by atoms with Gasteiger partial charge in [0.2, 0.25) is 5.91 Å². The average molecular weight is 401 g/mol. The Kier molecular flexibility index (Phi) is 5.57. The van der Waals surface area contributed by atoms with Gasteiger partial charge in [0, 0.05) is 30.3 Å². The van der Waals surface area contributed by atoms with Crippen molar-refractivity contribution in [2.45, 2.75) is 44.0 Å². The lowest BCUT2D eigenvalue weighted by atomic mass is 10.0. The van der Waals surface area contributed by atoms with Gasteiger partial charge in [-0.3, -0.25) is 14.2 Å². The maximum atomic E-state index is 13.3. The van der Waals surface area contributed by atoms with Gasteiger partial charge in [-0.25, -0.2) is 4.39 Å². The Labute approximate surface area is 167 Å². The van der Waals surface area contributed by atoms with Crippen LogP contribution in [0, 0.1) is 5.92 Å². The van der Waals surface area contributed by atoms with Crippen LogP contribution in [-0.4, -0.2) is 68.0 Å². The van der Waals surface area contributed by atoms with E-state index in [1.165, 1.54) is 0 Å². The van der Waals surface area contributed by atoms with Crippen molar-refractivity contribution >= 4 is 11.8 Å². The topological polar surface area (TPSA) is 100 Å². The van der Waals surface area contributed by atoms with Crippen LogP contribution in [0.1, 0.15) is 36.0 Å². The molecule has 1 aliphatic heterocycles. The fourth-order valence-electron chi connectivity index (χ4n) is 4.09. The summed E-state index contributed by atoms with van der Waals surface area (Å²) in [4.78, 5) is 27.1. The van der Waals surface area contributed by atoms with Gasteiger partial charge in [0.05, 0.1) is 12.1 Å². The highest BCUT2D eigenvalue weighted by molar-refractivity contribution is 5.95. The molecule has 2 aromatic rings. The lowest BCUT2D eigenvalue weighted by Gasteiger charge is -2.30. The first-order chi connectivity index (χ1) is 14.0. The van der Waals surface area contributed by atoms with Crippen LogP contribution in [0.15, 0.2) is 36.9 Å². The summed E-state index contributed by atoms with van der Waals surface area (Å²) >= 11 is 0. The number of halogens is 1. The molecular formula is C20H24FN5O3. The number of hydrogen-bond donors (Lipinski definition) is 2. The number of likely N-dealkylation sites (tertiary alicyclic amines) is 1. The Morgan fingerprint density at radius 1 is 1.14 bits per heavy atom. The smallest absolute Gasteiger partial charge is 0.251 e. The molecule has 2 heterocycles. The number of amides is 2. The van der Waals surface area contributed by atoms with Crippen molar-refractivity contribution in [3.05, 3.63) is 42.5 Å². The van der Waals surface area contributed by atoms with Crippen molar-refractivity contribution < 1.29 is 19.1 Å². The number of nitrogens with zero attached hydrogens (tertiary/aromatic N) is 4. The average Bonchev–Trinajstić information content (AvgIpc) is 3.39. The number of hydrogen-bond acceptors (Lipinski definition) is 5. The largest absolute Gasteiger partial charge is 0.391 e. The predicted molar refractivity (Wildman–Crippen MR) is 102 cm³/mol. The van der Waals surface area contributed by atoms with Gasteiger partial charge >= 0.3 is 0 Å². The van der Waals surface area contributed by atoms with Gasteiger partial charge in [0.15, 0.2) is 0 Å². The summed E-state index contributed by atoms with van der Waals surface area (Å²) in [6, 6.07) is 6.50. The van der Waals surface area contributed by atoms with E-state index in [1.54, 1.807) is 40.3 Å². The molecule has 1 aromatic heterocycles. The zero-order chi connectivity index (χ0) is 20.4. The molecule has 2 fully saturated rings.